The molecule has 0 atom stereocenters. The molecule has 1 aromatic carbocycles. The topological polar surface area (TPSA) is 41.9 Å². The Hall–Kier alpha value is -1.26. The number of amides is 1. The van der Waals surface area contributed by atoms with Crippen LogP contribution in [0.15, 0.2) is 23.4 Å². The minimum atomic E-state index is -0.0848. The summed E-state index contributed by atoms with van der Waals surface area (Å²) < 4.78 is 0. The van der Waals surface area contributed by atoms with Gasteiger partial charge in [0.05, 0.1) is 16.3 Å². The van der Waals surface area contributed by atoms with Crippen molar-refractivity contribution in [1.82, 2.24) is 4.90 Å². The molecule has 6 heteroatoms. The third-order valence-electron chi connectivity index (χ3n) is 2.78. The van der Waals surface area contributed by atoms with Crippen LogP contribution in [0.3, 0.4) is 0 Å². The maximum atomic E-state index is 11.9. The van der Waals surface area contributed by atoms with Gasteiger partial charge in [-0.15, -0.1) is 0 Å². The van der Waals surface area contributed by atoms with Gasteiger partial charge >= 0.3 is 0 Å². The lowest BCUT2D eigenvalue weighted by atomic mass is 10.2. The Balaban J connectivity index is 2.52. The second kappa shape index (κ2) is 9.64. The summed E-state index contributed by atoms with van der Waals surface area (Å²) in [5.74, 6) is -0.0684. The summed E-state index contributed by atoms with van der Waals surface area (Å²) in [6.07, 6.45) is 3.26. The Labute approximate surface area is 135 Å². The van der Waals surface area contributed by atoms with Crippen molar-refractivity contribution in [3.63, 3.8) is 0 Å². The molecule has 0 aliphatic heterocycles. The van der Waals surface area contributed by atoms with Crippen LogP contribution >= 0.6 is 23.2 Å². The van der Waals surface area contributed by atoms with E-state index in [2.05, 4.69) is 5.16 Å². The Morgan fingerprint density at radius 2 is 1.81 bits per heavy atom. The van der Waals surface area contributed by atoms with Crippen LogP contribution in [0.2, 0.25) is 10.0 Å². The van der Waals surface area contributed by atoms with Gasteiger partial charge in [-0.3, -0.25) is 4.79 Å². The van der Waals surface area contributed by atoms with E-state index in [1.54, 1.807) is 23.1 Å². The SMILES string of the molecule is CCCN(CCC)C(=O)CON=Cc1c(Cl)cccc1Cl. The fourth-order valence-corrected chi connectivity index (χ4v) is 2.30. The summed E-state index contributed by atoms with van der Waals surface area (Å²) in [5.41, 5.74) is 0.576. The van der Waals surface area contributed by atoms with Gasteiger partial charge in [0.25, 0.3) is 5.91 Å². The minimum Gasteiger partial charge on any atom is -0.386 e. The Morgan fingerprint density at radius 3 is 2.33 bits per heavy atom. The van der Waals surface area contributed by atoms with Crippen LogP contribution in [-0.2, 0) is 9.63 Å². The highest BCUT2D eigenvalue weighted by Gasteiger charge is 2.11. The molecule has 0 heterocycles. The lowest BCUT2D eigenvalue weighted by Gasteiger charge is -2.20. The molecule has 116 valence electrons. The van der Waals surface area contributed by atoms with Crippen LogP contribution in [0.25, 0.3) is 0 Å². The average molecular weight is 331 g/mol. The van der Waals surface area contributed by atoms with Gasteiger partial charge in [-0.25, -0.2) is 0 Å². The molecular formula is C15H20Cl2N2O2. The molecule has 0 aliphatic carbocycles. The zero-order chi connectivity index (χ0) is 15.7. The van der Waals surface area contributed by atoms with Crippen molar-refractivity contribution < 1.29 is 9.63 Å². The molecule has 1 rings (SSSR count). The van der Waals surface area contributed by atoms with Crippen molar-refractivity contribution in [2.75, 3.05) is 19.7 Å². The first-order chi connectivity index (χ1) is 10.1. The van der Waals surface area contributed by atoms with E-state index in [1.165, 1.54) is 6.21 Å². The molecule has 0 radical (unpaired) electrons. The summed E-state index contributed by atoms with van der Waals surface area (Å²) in [4.78, 5) is 18.8. The van der Waals surface area contributed by atoms with E-state index in [-0.39, 0.29) is 12.5 Å². The molecular weight excluding hydrogens is 311 g/mol. The number of nitrogens with zero attached hydrogens (tertiary/aromatic N) is 2. The summed E-state index contributed by atoms with van der Waals surface area (Å²) >= 11 is 12.0. The third-order valence-corrected chi connectivity index (χ3v) is 3.44. The number of halogens is 2. The van der Waals surface area contributed by atoms with E-state index < -0.39 is 0 Å². The molecule has 1 aromatic rings. The first kappa shape index (κ1) is 17.8. The maximum absolute atomic E-state index is 11.9. The standard InChI is InChI=1S/C15H20Cl2N2O2/c1-3-8-19(9-4-2)15(20)11-21-18-10-12-13(16)6-5-7-14(12)17/h5-7,10H,3-4,8-9,11H2,1-2H3. The van der Waals surface area contributed by atoms with Crippen molar-refractivity contribution in [2.24, 2.45) is 5.16 Å². The smallest absolute Gasteiger partial charge is 0.263 e. The summed E-state index contributed by atoms with van der Waals surface area (Å²) in [5, 5.41) is 4.74. The van der Waals surface area contributed by atoms with E-state index in [0.29, 0.717) is 15.6 Å². The minimum absolute atomic E-state index is 0.0684. The van der Waals surface area contributed by atoms with Crippen LogP contribution < -0.4 is 0 Å². The zero-order valence-corrected chi connectivity index (χ0v) is 13.8. The van der Waals surface area contributed by atoms with Gasteiger partial charge in [0.1, 0.15) is 0 Å². The molecule has 0 fully saturated rings. The van der Waals surface area contributed by atoms with E-state index >= 15 is 0 Å². The molecule has 0 aliphatic rings. The Bertz CT molecular complexity index is 466. The third kappa shape index (κ3) is 5.94. The van der Waals surface area contributed by atoms with Crippen molar-refractivity contribution in [3.8, 4) is 0 Å². The van der Waals surface area contributed by atoms with Gasteiger partial charge in [-0.2, -0.15) is 0 Å². The number of benzene rings is 1. The zero-order valence-electron chi connectivity index (χ0n) is 12.3. The van der Waals surface area contributed by atoms with E-state index in [4.69, 9.17) is 28.0 Å². The highest BCUT2D eigenvalue weighted by Crippen LogP contribution is 2.22. The predicted molar refractivity (Wildman–Crippen MR) is 87.2 cm³/mol. The van der Waals surface area contributed by atoms with Gasteiger partial charge in [0, 0.05) is 18.7 Å². The highest BCUT2D eigenvalue weighted by molar-refractivity contribution is 6.38. The predicted octanol–water partition coefficient (Wildman–Crippen LogP) is 3.99. The van der Waals surface area contributed by atoms with E-state index in [0.717, 1.165) is 25.9 Å². The van der Waals surface area contributed by atoms with Crippen LogP contribution in [0.5, 0.6) is 0 Å². The number of oxime groups is 1. The summed E-state index contributed by atoms with van der Waals surface area (Å²) in [7, 11) is 0. The molecule has 0 N–H and O–H groups in total. The molecule has 0 unspecified atom stereocenters. The number of carbonyl (C=O) groups excluding carboxylic acids is 1. The average Bonchev–Trinajstić information content (AvgIpc) is 2.45. The number of carbonyl (C=O) groups is 1. The molecule has 0 spiro atoms. The van der Waals surface area contributed by atoms with Crippen LogP contribution in [0, 0.1) is 0 Å². The quantitative estimate of drug-likeness (QED) is 0.534. The number of hydrogen-bond donors (Lipinski definition) is 0. The van der Waals surface area contributed by atoms with Crippen molar-refractivity contribution in [3.05, 3.63) is 33.8 Å². The first-order valence-electron chi connectivity index (χ1n) is 6.97. The summed E-state index contributed by atoms with van der Waals surface area (Å²) in [6.45, 7) is 5.45. The van der Waals surface area contributed by atoms with Gasteiger partial charge in [0.15, 0.2) is 6.61 Å². The largest absolute Gasteiger partial charge is 0.386 e. The van der Waals surface area contributed by atoms with Gasteiger partial charge < -0.3 is 9.74 Å². The number of hydrogen-bond acceptors (Lipinski definition) is 3. The Morgan fingerprint density at radius 1 is 1.24 bits per heavy atom. The lowest BCUT2D eigenvalue weighted by molar-refractivity contribution is -0.136. The van der Waals surface area contributed by atoms with Crippen LogP contribution in [0.1, 0.15) is 32.3 Å². The lowest BCUT2D eigenvalue weighted by Crippen LogP contribution is -2.34. The fraction of sp³-hybridized carbons (Fsp3) is 0.467. The van der Waals surface area contributed by atoms with E-state index in [9.17, 15) is 4.79 Å². The monoisotopic (exact) mass is 330 g/mol. The van der Waals surface area contributed by atoms with Gasteiger partial charge in [-0.05, 0) is 25.0 Å². The molecule has 0 bridgehead atoms. The maximum Gasteiger partial charge on any atom is 0.263 e. The molecule has 0 saturated carbocycles. The number of rotatable bonds is 8. The van der Waals surface area contributed by atoms with Crippen LogP contribution in [0.4, 0.5) is 0 Å². The van der Waals surface area contributed by atoms with Crippen molar-refractivity contribution in [1.29, 1.82) is 0 Å². The van der Waals surface area contributed by atoms with Gasteiger partial charge in [-0.1, -0.05) is 48.3 Å². The van der Waals surface area contributed by atoms with Crippen molar-refractivity contribution >= 4 is 35.3 Å². The second-order valence-electron chi connectivity index (χ2n) is 4.52. The van der Waals surface area contributed by atoms with E-state index in [1.807, 2.05) is 13.8 Å². The molecule has 21 heavy (non-hydrogen) atoms. The second-order valence-corrected chi connectivity index (χ2v) is 5.34. The molecule has 1 amide bonds. The van der Waals surface area contributed by atoms with Crippen LogP contribution in [-0.4, -0.2) is 36.7 Å². The molecule has 0 aromatic heterocycles. The molecule has 0 saturated heterocycles. The van der Waals surface area contributed by atoms with Crippen molar-refractivity contribution in [2.45, 2.75) is 26.7 Å². The Kier molecular flexibility index (Phi) is 8.16. The fourth-order valence-electron chi connectivity index (χ4n) is 1.81. The molecule has 4 nitrogen and oxygen atoms in total. The normalized spacial score (nSPS) is 10.9. The first-order valence-corrected chi connectivity index (χ1v) is 7.72. The van der Waals surface area contributed by atoms with Gasteiger partial charge in [0.2, 0.25) is 0 Å². The summed E-state index contributed by atoms with van der Waals surface area (Å²) in [6, 6.07) is 5.17. The highest BCUT2D eigenvalue weighted by atomic mass is 35.5.